The Kier molecular flexibility index (Phi) is 4.97. The van der Waals surface area contributed by atoms with Gasteiger partial charge >= 0.3 is 0 Å². The summed E-state index contributed by atoms with van der Waals surface area (Å²) in [5.41, 5.74) is 4.18. The first-order valence-electron chi connectivity index (χ1n) is 7.33. The molecule has 0 bridgehead atoms. The van der Waals surface area contributed by atoms with Crippen LogP contribution in [0.2, 0.25) is 5.02 Å². The molecule has 3 aromatic rings. The number of halogens is 2. The third kappa shape index (κ3) is 3.66. The Balaban J connectivity index is 1.79. The number of amides is 1. The molecule has 0 unspecified atom stereocenters. The van der Waals surface area contributed by atoms with Gasteiger partial charge in [-0.05, 0) is 58.7 Å². The van der Waals surface area contributed by atoms with Crippen molar-refractivity contribution in [2.75, 3.05) is 5.32 Å². The molecule has 24 heavy (non-hydrogen) atoms. The number of rotatable bonds is 3. The number of hydrogen-bond donors (Lipinski definition) is 1. The summed E-state index contributed by atoms with van der Waals surface area (Å²) in [4.78, 5) is 16.7. The Morgan fingerprint density at radius 1 is 1.12 bits per heavy atom. The zero-order valence-corrected chi connectivity index (χ0v) is 15.2. The van der Waals surface area contributed by atoms with Crippen molar-refractivity contribution in [2.45, 2.75) is 6.92 Å². The molecule has 0 aliphatic rings. The molecule has 1 amide bonds. The first kappa shape index (κ1) is 16.7. The third-order valence-electron chi connectivity index (χ3n) is 3.62. The molecule has 0 saturated carbocycles. The van der Waals surface area contributed by atoms with Crippen molar-refractivity contribution in [3.05, 3.63) is 81.4 Å². The average molecular weight is 402 g/mol. The highest BCUT2D eigenvalue weighted by molar-refractivity contribution is 9.10. The molecule has 0 saturated heterocycles. The normalized spacial score (nSPS) is 10.5. The second kappa shape index (κ2) is 7.16. The molecule has 0 aliphatic carbocycles. The van der Waals surface area contributed by atoms with Crippen LogP contribution >= 0.6 is 27.5 Å². The van der Waals surface area contributed by atoms with Crippen LogP contribution in [0.1, 0.15) is 15.9 Å². The minimum absolute atomic E-state index is 0.225. The lowest BCUT2D eigenvalue weighted by atomic mass is 10.0. The summed E-state index contributed by atoms with van der Waals surface area (Å²) < 4.78 is 0.784. The van der Waals surface area contributed by atoms with Gasteiger partial charge in [-0.15, -0.1) is 0 Å². The number of aromatic nitrogens is 1. The molecule has 0 fully saturated rings. The number of nitrogens with one attached hydrogen (secondary N) is 1. The number of anilines is 1. The van der Waals surface area contributed by atoms with E-state index in [1.54, 1.807) is 30.5 Å². The number of carbonyl (C=O) groups excluding carboxylic acids is 1. The fourth-order valence-electron chi connectivity index (χ4n) is 2.32. The molecule has 0 spiro atoms. The maximum atomic E-state index is 12.3. The summed E-state index contributed by atoms with van der Waals surface area (Å²) in [6.45, 7) is 2.04. The van der Waals surface area contributed by atoms with Gasteiger partial charge in [0.15, 0.2) is 0 Å². The summed E-state index contributed by atoms with van der Waals surface area (Å²) in [5.74, 6) is -0.225. The number of nitrogens with zero attached hydrogens (tertiary/aromatic N) is 1. The molecule has 3 rings (SSSR count). The number of pyridine rings is 1. The highest BCUT2D eigenvalue weighted by Gasteiger charge is 2.09. The van der Waals surface area contributed by atoms with Crippen LogP contribution in [0.15, 0.2) is 65.3 Å². The molecule has 0 atom stereocenters. The number of aryl methyl sites for hydroxylation is 1. The number of carbonyl (C=O) groups is 1. The van der Waals surface area contributed by atoms with Crippen LogP contribution in [0.4, 0.5) is 5.69 Å². The van der Waals surface area contributed by atoms with Crippen molar-refractivity contribution in [3.63, 3.8) is 0 Å². The Morgan fingerprint density at radius 3 is 2.58 bits per heavy atom. The van der Waals surface area contributed by atoms with Crippen molar-refractivity contribution < 1.29 is 4.79 Å². The zero-order chi connectivity index (χ0) is 17.1. The van der Waals surface area contributed by atoms with Gasteiger partial charge in [-0.2, -0.15) is 0 Å². The molecular formula is C19H14BrClN2O. The molecule has 2 aromatic carbocycles. The molecule has 3 nitrogen and oxygen atoms in total. The fourth-order valence-corrected chi connectivity index (χ4v) is 2.75. The highest BCUT2D eigenvalue weighted by atomic mass is 79.9. The number of benzene rings is 2. The van der Waals surface area contributed by atoms with E-state index in [4.69, 9.17) is 11.6 Å². The van der Waals surface area contributed by atoms with Crippen LogP contribution in [-0.4, -0.2) is 10.9 Å². The first-order valence-corrected chi connectivity index (χ1v) is 8.50. The lowest BCUT2D eigenvalue weighted by Crippen LogP contribution is -2.12. The van der Waals surface area contributed by atoms with E-state index in [2.05, 4.69) is 26.2 Å². The predicted molar refractivity (Wildman–Crippen MR) is 102 cm³/mol. The van der Waals surface area contributed by atoms with E-state index in [9.17, 15) is 4.79 Å². The summed E-state index contributed by atoms with van der Waals surface area (Å²) in [6, 6.07) is 16.9. The van der Waals surface area contributed by atoms with E-state index >= 15 is 0 Å². The van der Waals surface area contributed by atoms with Gasteiger partial charge in [-0.3, -0.25) is 9.78 Å². The quantitative estimate of drug-likeness (QED) is 0.609. The smallest absolute Gasteiger partial charge is 0.257 e. The zero-order valence-electron chi connectivity index (χ0n) is 12.9. The standard InChI is InChI=1S/C19H14BrClN2O/c1-12-4-2-3-5-15(12)18-9-6-13(11-22-18)19(24)23-14-7-8-16(20)17(21)10-14/h2-11H,1H3,(H,23,24). The molecule has 1 aromatic heterocycles. The SMILES string of the molecule is Cc1ccccc1-c1ccc(C(=O)Nc2ccc(Br)c(Cl)c2)cn1. The summed E-state index contributed by atoms with van der Waals surface area (Å²) in [7, 11) is 0. The van der Waals surface area contributed by atoms with E-state index in [0.29, 0.717) is 16.3 Å². The molecular weight excluding hydrogens is 388 g/mol. The van der Waals surface area contributed by atoms with Gasteiger partial charge in [0.2, 0.25) is 0 Å². The molecule has 1 N–H and O–H groups in total. The second-order valence-electron chi connectivity index (χ2n) is 5.33. The van der Waals surface area contributed by atoms with E-state index < -0.39 is 0 Å². The third-order valence-corrected chi connectivity index (χ3v) is 4.86. The second-order valence-corrected chi connectivity index (χ2v) is 6.59. The van der Waals surface area contributed by atoms with Crippen LogP contribution in [-0.2, 0) is 0 Å². The topological polar surface area (TPSA) is 42.0 Å². The molecule has 0 radical (unpaired) electrons. The van der Waals surface area contributed by atoms with Gasteiger partial charge in [0.1, 0.15) is 0 Å². The lowest BCUT2D eigenvalue weighted by molar-refractivity contribution is 0.102. The Bertz CT molecular complexity index is 894. The van der Waals surface area contributed by atoms with Crippen molar-refractivity contribution in [1.82, 2.24) is 4.98 Å². The predicted octanol–water partition coefficient (Wildman–Crippen LogP) is 5.73. The van der Waals surface area contributed by atoms with Crippen molar-refractivity contribution >= 4 is 39.1 Å². The van der Waals surface area contributed by atoms with Crippen molar-refractivity contribution in [2.24, 2.45) is 0 Å². The summed E-state index contributed by atoms with van der Waals surface area (Å²) in [6.07, 6.45) is 1.58. The van der Waals surface area contributed by atoms with E-state index in [0.717, 1.165) is 21.3 Å². The monoisotopic (exact) mass is 400 g/mol. The van der Waals surface area contributed by atoms with Crippen LogP contribution in [0.5, 0.6) is 0 Å². The Hall–Kier alpha value is -2.17. The van der Waals surface area contributed by atoms with Crippen LogP contribution in [0.25, 0.3) is 11.3 Å². The lowest BCUT2D eigenvalue weighted by Gasteiger charge is -2.08. The maximum absolute atomic E-state index is 12.3. The van der Waals surface area contributed by atoms with Gasteiger partial charge in [0.25, 0.3) is 5.91 Å². The van der Waals surface area contributed by atoms with Crippen molar-refractivity contribution in [1.29, 1.82) is 0 Å². The average Bonchev–Trinajstić information content (AvgIpc) is 2.59. The minimum atomic E-state index is -0.225. The van der Waals surface area contributed by atoms with Gasteiger partial charge in [-0.25, -0.2) is 0 Å². The minimum Gasteiger partial charge on any atom is -0.322 e. The maximum Gasteiger partial charge on any atom is 0.257 e. The van der Waals surface area contributed by atoms with Crippen LogP contribution < -0.4 is 5.32 Å². The van der Waals surface area contributed by atoms with Crippen LogP contribution in [0, 0.1) is 6.92 Å². The van der Waals surface area contributed by atoms with Gasteiger partial charge in [-0.1, -0.05) is 35.9 Å². The first-order chi connectivity index (χ1) is 11.5. The summed E-state index contributed by atoms with van der Waals surface area (Å²) in [5, 5.41) is 3.36. The van der Waals surface area contributed by atoms with Crippen molar-refractivity contribution in [3.8, 4) is 11.3 Å². The molecule has 0 aliphatic heterocycles. The Morgan fingerprint density at radius 2 is 1.92 bits per heavy atom. The van der Waals surface area contributed by atoms with E-state index in [1.807, 2.05) is 37.3 Å². The Labute approximate surface area is 153 Å². The molecule has 5 heteroatoms. The van der Waals surface area contributed by atoms with E-state index in [1.165, 1.54) is 0 Å². The summed E-state index contributed by atoms with van der Waals surface area (Å²) >= 11 is 9.36. The van der Waals surface area contributed by atoms with Gasteiger partial charge in [0, 0.05) is 21.9 Å². The van der Waals surface area contributed by atoms with E-state index in [-0.39, 0.29) is 5.91 Å². The number of hydrogen-bond acceptors (Lipinski definition) is 2. The largest absolute Gasteiger partial charge is 0.322 e. The van der Waals surface area contributed by atoms with Crippen LogP contribution in [0.3, 0.4) is 0 Å². The van der Waals surface area contributed by atoms with Gasteiger partial charge < -0.3 is 5.32 Å². The highest BCUT2D eigenvalue weighted by Crippen LogP contribution is 2.26. The fraction of sp³-hybridized carbons (Fsp3) is 0.0526. The molecule has 120 valence electrons. The van der Waals surface area contributed by atoms with Gasteiger partial charge in [0.05, 0.1) is 16.3 Å². The molecule has 1 heterocycles.